The lowest BCUT2D eigenvalue weighted by Gasteiger charge is -2.30. The summed E-state index contributed by atoms with van der Waals surface area (Å²) in [7, 11) is -2.02. The number of halogens is 1. The fraction of sp³-hybridized carbons (Fsp3) is 0.107. The van der Waals surface area contributed by atoms with Crippen molar-refractivity contribution in [2.24, 2.45) is 0 Å². The van der Waals surface area contributed by atoms with Crippen LogP contribution in [0.25, 0.3) is 0 Å². The van der Waals surface area contributed by atoms with Crippen molar-refractivity contribution in [3.8, 4) is 5.75 Å². The highest BCUT2D eigenvalue weighted by Crippen LogP contribution is 2.43. The Labute approximate surface area is 209 Å². The molecule has 0 fully saturated rings. The number of ketones is 1. The molecular formula is C28H25ClNO4P. The second-order valence-corrected chi connectivity index (χ2v) is 10.9. The van der Waals surface area contributed by atoms with Gasteiger partial charge >= 0.3 is 0 Å². The molecule has 0 aromatic heterocycles. The van der Waals surface area contributed by atoms with Crippen molar-refractivity contribution in [1.82, 2.24) is 5.09 Å². The summed E-state index contributed by atoms with van der Waals surface area (Å²) in [6.07, 6.45) is -1.56. The van der Waals surface area contributed by atoms with Crippen LogP contribution in [-0.4, -0.2) is 24.1 Å². The van der Waals surface area contributed by atoms with Crippen LogP contribution in [0.5, 0.6) is 5.75 Å². The van der Waals surface area contributed by atoms with Gasteiger partial charge < -0.3 is 9.84 Å². The number of hydrogen-bond donors (Lipinski definition) is 2. The third-order valence-corrected chi connectivity index (χ3v) is 8.69. The molecule has 0 aliphatic heterocycles. The fourth-order valence-electron chi connectivity index (χ4n) is 3.93. The molecule has 4 rings (SSSR count). The number of aliphatic hydroxyl groups is 1. The number of Topliss-reactive ketones (excluding diaryl/α,β-unsaturated/α-hetero) is 1. The highest BCUT2D eigenvalue weighted by Gasteiger charge is 2.37. The van der Waals surface area contributed by atoms with Crippen LogP contribution in [-0.2, 0) is 4.57 Å². The molecule has 5 nitrogen and oxygen atoms in total. The van der Waals surface area contributed by atoms with Crippen molar-refractivity contribution >= 4 is 35.3 Å². The number of para-hydroxylation sites is 1. The van der Waals surface area contributed by atoms with E-state index in [1.165, 1.54) is 7.11 Å². The molecule has 0 radical (unpaired) electrons. The minimum absolute atomic E-state index is 0.234. The van der Waals surface area contributed by atoms with Gasteiger partial charge in [0.2, 0.25) is 7.29 Å². The Morgan fingerprint density at radius 1 is 0.829 bits per heavy atom. The van der Waals surface area contributed by atoms with Crippen LogP contribution < -0.4 is 20.4 Å². The summed E-state index contributed by atoms with van der Waals surface area (Å²) in [4.78, 5) is 13.5. The van der Waals surface area contributed by atoms with Gasteiger partial charge in [0.25, 0.3) is 0 Å². The minimum Gasteiger partial charge on any atom is -0.496 e. The Morgan fingerprint density at radius 3 is 1.89 bits per heavy atom. The number of nitrogens with one attached hydrogen (secondary N) is 1. The van der Waals surface area contributed by atoms with E-state index in [-0.39, 0.29) is 5.56 Å². The average molecular weight is 506 g/mol. The van der Waals surface area contributed by atoms with E-state index in [1.54, 1.807) is 97.1 Å². The number of methoxy groups -OCH3 is 1. The van der Waals surface area contributed by atoms with Crippen LogP contribution in [0, 0.1) is 0 Å². The number of rotatable bonds is 9. The number of carbonyl (C=O) groups is 1. The molecule has 0 heterocycles. The molecule has 0 aliphatic rings. The first-order valence-corrected chi connectivity index (χ1v) is 13.1. The van der Waals surface area contributed by atoms with E-state index in [4.69, 9.17) is 16.3 Å². The second-order valence-electron chi connectivity index (χ2n) is 7.95. The van der Waals surface area contributed by atoms with Crippen molar-refractivity contribution in [2.75, 3.05) is 7.11 Å². The molecule has 0 spiro atoms. The summed E-state index contributed by atoms with van der Waals surface area (Å²) in [6, 6.07) is 30.4. The largest absolute Gasteiger partial charge is 0.496 e. The van der Waals surface area contributed by atoms with E-state index in [0.717, 1.165) is 0 Å². The van der Waals surface area contributed by atoms with Crippen LogP contribution in [0.15, 0.2) is 109 Å². The molecule has 7 heteroatoms. The highest BCUT2D eigenvalue weighted by atomic mass is 35.5. The zero-order valence-corrected chi connectivity index (χ0v) is 20.7. The van der Waals surface area contributed by atoms with Crippen molar-refractivity contribution in [3.05, 3.63) is 125 Å². The molecule has 0 saturated carbocycles. The maximum absolute atomic E-state index is 14.7. The second kappa shape index (κ2) is 11.0. The summed E-state index contributed by atoms with van der Waals surface area (Å²) in [5, 5.41) is 16.2. The normalized spacial score (nSPS) is 13.1. The number of carbonyl (C=O) groups excluding carboxylic acids is 1. The van der Waals surface area contributed by atoms with Gasteiger partial charge in [0.05, 0.1) is 18.7 Å². The molecule has 0 unspecified atom stereocenters. The topological polar surface area (TPSA) is 75.6 Å². The minimum atomic E-state index is -3.49. The van der Waals surface area contributed by atoms with Crippen molar-refractivity contribution in [2.45, 2.75) is 12.1 Å². The van der Waals surface area contributed by atoms with Gasteiger partial charge in [-0.25, -0.2) is 5.09 Å². The Bertz CT molecular complexity index is 1290. The lowest BCUT2D eigenvalue weighted by atomic mass is 9.95. The molecule has 178 valence electrons. The predicted octanol–water partition coefficient (Wildman–Crippen LogP) is 5.15. The number of aliphatic hydroxyl groups excluding tert-OH is 1. The monoisotopic (exact) mass is 505 g/mol. The van der Waals surface area contributed by atoms with Gasteiger partial charge in [-0.15, -0.1) is 0 Å². The predicted molar refractivity (Wildman–Crippen MR) is 140 cm³/mol. The van der Waals surface area contributed by atoms with Crippen molar-refractivity contribution in [3.63, 3.8) is 0 Å². The van der Waals surface area contributed by atoms with E-state index in [0.29, 0.717) is 26.9 Å². The standard InChI is InChI=1S/C28H25ClNO4P/c1-34-25-15-9-8-14-24(25)27(31)28(32)26(20-16-18-21(29)19-17-20)30-35(33,22-10-4-2-5-11-22)23-12-6-3-7-13-23/h2-19,26,28,32H,1H3,(H,30,33)/t26-,28-/m1/s1. The SMILES string of the molecule is COc1ccccc1C(=O)[C@H](O)[C@H](NP(=O)(c1ccccc1)c1ccccc1)c1ccc(Cl)cc1. The van der Waals surface area contributed by atoms with Crippen LogP contribution >= 0.6 is 18.9 Å². The van der Waals surface area contributed by atoms with Gasteiger partial charge in [0, 0.05) is 15.6 Å². The third-order valence-electron chi connectivity index (χ3n) is 5.75. The van der Waals surface area contributed by atoms with Crippen LogP contribution in [0.1, 0.15) is 22.0 Å². The summed E-state index contributed by atoms with van der Waals surface area (Å²) in [5.41, 5.74) is 0.801. The Balaban J connectivity index is 1.82. The Hall–Kier alpha value is -3.21. The molecule has 0 saturated heterocycles. The van der Waals surface area contributed by atoms with E-state index < -0.39 is 25.2 Å². The summed E-state index contributed by atoms with van der Waals surface area (Å²) < 4.78 is 20.0. The molecule has 0 bridgehead atoms. The van der Waals surface area contributed by atoms with Gasteiger partial charge in [0.15, 0.2) is 5.78 Å². The molecule has 35 heavy (non-hydrogen) atoms. The van der Waals surface area contributed by atoms with Crippen LogP contribution in [0.4, 0.5) is 0 Å². The average Bonchev–Trinajstić information content (AvgIpc) is 2.92. The Morgan fingerprint density at radius 2 is 1.34 bits per heavy atom. The zero-order chi connectivity index (χ0) is 24.8. The molecule has 2 N–H and O–H groups in total. The van der Waals surface area contributed by atoms with Gasteiger partial charge in [-0.05, 0) is 54.1 Å². The quantitative estimate of drug-likeness (QED) is 0.243. The molecule has 4 aromatic rings. The zero-order valence-electron chi connectivity index (χ0n) is 19.0. The first-order chi connectivity index (χ1) is 16.9. The smallest absolute Gasteiger partial charge is 0.205 e. The fourth-order valence-corrected chi connectivity index (χ4v) is 6.51. The lowest BCUT2D eigenvalue weighted by molar-refractivity contribution is 0.0675. The highest BCUT2D eigenvalue weighted by molar-refractivity contribution is 7.76. The maximum Gasteiger partial charge on any atom is 0.205 e. The van der Waals surface area contributed by atoms with Crippen molar-refractivity contribution in [1.29, 1.82) is 0 Å². The van der Waals surface area contributed by atoms with Gasteiger partial charge in [-0.1, -0.05) is 72.3 Å². The van der Waals surface area contributed by atoms with E-state index in [1.807, 2.05) is 12.1 Å². The maximum atomic E-state index is 14.7. The summed E-state index contributed by atoms with van der Waals surface area (Å²) >= 11 is 6.10. The molecule has 0 amide bonds. The van der Waals surface area contributed by atoms with Crippen LogP contribution in [0.2, 0.25) is 5.02 Å². The first-order valence-electron chi connectivity index (χ1n) is 11.0. The number of ether oxygens (including phenoxy) is 1. The molecule has 0 aliphatic carbocycles. The molecule has 2 atom stereocenters. The van der Waals surface area contributed by atoms with Gasteiger partial charge in [-0.2, -0.15) is 0 Å². The number of benzene rings is 4. The Kier molecular flexibility index (Phi) is 7.84. The summed E-state index contributed by atoms with van der Waals surface area (Å²) in [5.74, 6) is -0.205. The van der Waals surface area contributed by atoms with Crippen molar-refractivity contribution < 1.29 is 19.2 Å². The van der Waals surface area contributed by atoms with Crippen LogP contribution in [0.3, 0.4) is 0 Å². The van der Waals surface area contributed by atoms with Gasteiger partial charge in [0.1, 0.15) is 11.9 Å². The van der Waals surface area contributed by atoms with E-state index >= 15 is 0 Å². The molecular weight excluding hydrogens is 481 g/mol. The van der Waals surface area contributed by atoms with E-state index in [9.17, 15) is 14.5 Å². The van der Waals surface area contributed by atoms with E-state index in [2.05, 4.69) is 5.09 Å². The lowest BCUT2D eigenvalue weighted by Crippen LogP contribution is -2.40. The first kappa shape index (κ1) is 24.9. The molecule has 4 aromatic carbocycles. The van der Waals surface area contributed by atoms with Gasteiger partial charge in [-0.3, -0.25) is 9.36 Å². The number of hydrogen-bond acceptors (Lipinski definition) is 4. The summed E-state index contributed by atoms with van der Waals surface area (Å²) in [6.45, 7) is 0. The third kappa shape index (κ3) is 5.39.